The lowest BCUT2D eigenvalue weighted by atomic mass is 10.2. The molecule has 1 fully saturated rings. The largest absolute Gasteiger partial charge is 0.484 e. The van der Waals surface area contributed by atoms with Gasteiger partial charge in [-0.1, -0.05) is 0 Å². The highest BCUT2D eigenvalue weighted by Crippen LogP contribution is 2.12. The van der Waals surface area contributed by atoms with Gasteiger partial charge in [0.05, 0.1) is 25.1 Å². The lowest BCUT2D eigenvalue weighted by molar-refractivity contribution is -0.139. The number of hydrazone groups is 1. The van der Waals surface area contributed by atoms with Crippen LogP contribution in [0.4, 0.5) is 0 Å². The molecule has 0 bridgehead atoms. The molecule has 0 spiro atoms. The summed E-state index contributed by atoms with van der Waals surface area (Å²) in [7, 11) is 0. The van der Waals surface area contributed by atoms with Gasteiger partial charge in [0.15, 0.2) is 6.61 Å². The van der Waals surface area contributed by atoms with Crippen molar-refractivity contribution in [3.05, 3.63) is 54.0 Å². The average molecular weight is 428 g/mol. The number of carbonyl (C=O) groups is 3. The van der Waals surface area contributed by atoms with E-state index in [4.69, 9.17) is 13.9 Å². The topological polar surface area (TPSA) is 131 Å². The molecule has 1 atom stereocenters. The molecule has 2 aromatic rings. The first kappa shape index (κ1) is 22.0. The summed E-state index contributed by atoms with van der Waals surface area (Å²) in [6, 6.07) is 10.1. The van der Waals surface area contributed by atoms with Crippen molar-refractivity contribution in [2.45, 2.75) is 25.5 Å². The zero-order valence-electron chi connectivity index (χ0n) is 16.8. The van der Waals surface area contributed by atoms with Crippen molar-refractivity contribution in [1.82, 2.24) is 16.1 Å². The van der Waals surface area contributed by atoms with Crippen LogP contribution in [0.3, 0.4) is 0 Å². The summed E-state index contributed by atoms with van der Waals surface area (Å²) in [5.41, 5.74) is 2.82. The standard InChI is InChI=1S/C21H24N4O6/c26-19(22-12-17-3-1-9-29-17)14-31-16-7-5-15(6-8-16)11-24-25-21(28)20(27)23-13-18-4-2-10-30-18/h2,4-8,10-11,17H,1,3,9,12-14H2,(H,22,26)(H,23,27)(H,25,28)/b24-11-/t17-/m1/s1. The van der Waals surface area contributed by atoms with E-state index >= 15 is 0 Å². The fraction of sp³-hybridized carbons (Fsp3) is 0.333. The van der Waals surface area contributed by atoms with E-state index in [1.807, 2.05) is 0 Å². The molecule has 0 radical (unpaired) electrons. The van der Waals surface area contributed by atoms with Gasteiger partial charge >= 0.3 is 11.8 Å². The molecule has 0 saturated carbocycles. The molecule has 0 aliphatic carbocycles. The van der Waals surface area contributed by atoms with Gasteiger partial charge in [0.2, 0.25) is 0 Å². The third-order valence-electron chi connectivity index (χ3n) is 4.39. The zero-order valence-corrected chi connectivity index (χ0v) is 16.8. The van der Waals surface area contributed by atoms with Crippen molar-refractivity contribution in [3.8, 4) is 5.75 Å². The quantitative estimate of drug-likeness (QED) is 0.306. The van der Waals surface area contributed by atoms with E-state index in [1.165, 1.54) is 12.5 Å². The third-order valence-corrected chi connectivity index (χ3v) is 4.39. The van der Waals surface area contributed by atoms with Gasteiger partial charge in [-0.2, -0.15) is 5.10 Å². The van der Waals surface area contributed by atoms with E-state index in [9.17, 15) is 14.4 Å². The van der Waals surface area contributed by atoms with Crippen molar-refractivity contribution in [3.63, 3.8) is 0 Å². The van der Waals surface area contributed by atoms with E-state index in [0.717, 1.165) is 19.4 Å². The van der Waals surface area contributed by atoms with Crippen LogP contribution in [0.2, 0.25) is 0 Å². The number of furan rings is 1. The monoisotopic (exact) mass is 428 g/mol. The molecule has 1 aromatic heterocycles. The van der Waals surface area contributed by atoms with Crippen LogP contribution >= 0.6 is 0 Å². The maximum atomic E-state index is 11.8. The van der Waals surface area contributed by atoms with E-state index in [1.54, 1.807) is 36.4 Å². The number of rotatable bonds is 9. The Bertz CT molecular complexity index is 889. The maximum absolute atomic E-state index is 11.8. The molecule has 2 heterocycles. The maximum Gasteiger partial charge on any atom is 0.329 e. The van der Waals surface area contributed by atoms with Crippen molar-refractivity contribution < 1.29 is 28.3 Å². The second kappa shape index (κ2) is 11.5. The fourth-order valence-electron chi connectivity index (χ4n) is 2.76. The number of carbonyl (C=O) groups excluding carboxylic acids is 3. The van der Waals surface area contributed by atoms with Crippen LogP contribution in [-0.4, -0.2) is 49.8 Å². The highest BCUT2D eigenvalue weighted by Gasteiger charge is 2.16. The number of benzene rings is 1. The molecular weight excluding hydrogens is 404 g/mol. The Morgan fingerprint density at radius 1 is 1.13 bits per heavy atom. The molecule has 31 heavy (non-hydrogen) atoms. The number of amides is 3. The minimum atomic E-state index is -0.892. The Balaban J connectivity index is 1.34. The highest BCUT2D eigenvalue weighted by molar-refractivity contribution is 6.35. The molecule has 1 aliphatic heterocycles. The van der Waals surface area contributed by atoms with Crippen LogP contribution in [0.25, 0.3) is 0 Å². The first-order valence-electron chi connectivity index (χ1n) is 9.85. The van der Waals surface area contributed by atoms with Gasteiger partial charge in [-0.3, -0.25) is 14.4 Å². The lowest BCUT2D eigenvalue weighted by Gasteiger charge is -2.11. The minimum Gasteiger partial charge on any atom is -0.484 e. The van der Waals surface area contributed by atoms with E-state index in [-0.39, 0.29) is 25.2 Å². The lowest BCUT2D eigenvalue weighted by Crippen LogP contribution is -2.37. The molecule has 1 aromatic carbocycles. The fourth-order valence-corrected chi connectivity index (χ4v) is 2.76. The molecule has 3 N–H and O–H groups in total. The summed E-state index contributed by atoms with van der Waals surface area (Å²) in [6.07, 6.45) is 4.93. The SMILES string of the molecule is O=C(COc1ccc(/C=N\NC(=O)C(=O)NCc2ccco2)cc1)NC[C@H]1CCCO1. The minimum absolute atomic E-state index is 0.0880. The third kappa shape index (κ3) is 7.59. The number of ether oxygens (including phenoxy) is 2. The Kier molecular flexibility index (Phi) is 8.18. The summed E-state index contributed by atoms with van der Waals surface area (Å²) >= 11 is 0. The smallest absolute Gasteiger partial charge is 0.329 e. The summed E-state index contributed by atoms with van der Waals surface area (Å²) in [5.74, 6) is -0.876. The van der Waals surface area contributed by atoms with Crippen molar-refractivity contribution >= 4 is 23.9 Å². The van der Waals surface area contributed by atoms with E-state index in [0.29, 0.717) is 23.6 Å². The van der Waals surface area contributed by atoms with Gasteiger partial charge in [-0.05, 0) is 54.8 Å². The summed E-state index contributed by atoms with van der Waals surface area (Å²) < 4.78 is 16.0. The normalized spacial score (nSPS) is 15.5. The molecule has 3 rings (SSSR count). The van der Waals surface area contributed by atoms with Crippen LogP contribution in [-0.2, 0) is 25.7 Å². The van der Waals surface area contributed by atoms with Crippen LogP contribution < -0.4 is 20.8 Å². The van der Waals surface area contributed by atoms with Gasteiger partial charge in [0, 0.05) is 13.2 Å². The molecular formula is C21H24N4O6. The van der Waals surface area contributed by atoms with Crippen LogP contribution in [0.15, 0.2) is 52.2 Å². The summed E-state index contributed by atoms with van der Waals surface area (Å²) in [4.78, 5) is 35.2. The Morgan fingerprint density at radius 2 is 1.97 bits per heavy atom. The van der Waals surface area contributed by atoms with Crippen LogP contribution in [0, 0.1) is 0 Å². The molecule has 1 aliphatic rings. The molecule has 3 amide bonds. The predicted molar refractivity (Wildman–Crippen MR) is 110 cm³/mol. The summed E-state index contributed by atoms with van der Waals surface area (Å²) in [6.45, 7) is 1.25. The predicted octanol–water partition coefficient (Wildman–Crippen LogP) is 0.720. The molecule has 0 unspecified atom stereocenters. The van der Waals surface area contributed by atoms with Gasteiger partial charge in [0.1, 0.15) is 11.5 Å². The van der Waals surface area contributed by atoms with Crippen molar-refractivity contribution in [2.24, 2.45) is 5.10 Å². The number of nitrogens with zero attached hydrogens (tertiary/aromatic N) is 1. The second-order valence-electron chi connectivity index (χ2n) is 6.76. The van der Waals surface area contributed by atoms with Crippen molar-refractivity contribution in [2.75, 3.05) is 19.8 Å². The molecule has 10 nitrogen and oxygen atoms in total. The Labute approximate surface area is 179 Å². The van der Waals surface area contributed by atoms with Crippen LogP contribution in [0.5, 0.6) is 5.75 Å². The molecule has 1 saturated heterocycles. The van der Waals surface area contributed by atoms with E-state index in [2.05, 4.69) is 21.2 Å². The molecule has 164 valence electrons. The number of nitrogens with one attached hydrogen (secondary N) is 3. The average Bonchev–Trinajstić information content (AvgIpc) is 3.49. The van der Waals surface area contributed by atoms with Gasteiger partial charge in [-0.15, -0.1) is 0 Å². The summed E-state index contributed by atoms with van der Waals surface area (Å²) in [5, 5.41) is 8.94. The Hall–Kier alpha value is -3.66. The zero-order chi connectivity index (χ0) is 21.9. The number of hydrogen-bond acceptors (Lipinski definition) is 7. The first-order valence-corrected chi connectivity index (χ1v) is 9.85. The van der Waals surface area contributed by atoms with Gasteiger partial charge < -0.3 is 24.5 Å². The molecule has 10 heteroatoms. The first-order chi connectivity index (χ1) is 15.1. The highest BCUT2D eigenvalue weighted by atomic mass is 16.5. The van der Waals surface area contributed by atoms with Crippen molar-refractivity contribution in [1.29, 1.82) is 0 Å². The second-order valence-corrected chi connectivity index (χ2v) is 6.76. The Morgan fingerprint density at radius 3 is 2.68 bits per heavy atom. The van der Waals surface area contributed by atoms with Crippen LogP contribution in [0.1, 0.15) is 24.2 Å². The van der Waals surface area contributed by atoms with E-state index < -0.39 is 11.8 Å². The van der Waals surface area contributed by atoms with Gasteiger partial charge in [0.25, 0.3) is 5.91 Å². The van der Waals surface area contributed by atoms with Gasteiger partial charge in [-0.25, -0.2) is 5.43 Å². The number of hydrogen-bond donors (Lipinski definition) is 3.